The zero-order valence-electron chi connectivity index (χ0n) is 14.2. The van der Waals surface area contributed by atoms with Gasteiger partial charge in [0.2, 0.25) is 0 Å². The number of nitrogens with two attached hydrogens (primary N) is 1. The average molecular weight is 446 g/mol. The fraction of sp³-hybridized carbons (Fsp3) is 0.400. The first-order chi connectivity index (χ1) is 13.2. The van der Waals surface area contributed by atoms with Crippen LogP contribution in [0.25, 0.3) is 0 Å². The summed E-state index contributed by atoms with van der Waals surface area (Å²) >= 11 is 12.6. The highest BCUT2D eigenvalue weighted by molar-refractivity contribution is 8.00. The van der Waals surface area contributed by atoms with Crippen LogP contribution in [0.15, 0.2) is 16.9 Å². The van der Waals surface area contributed by atoms with Crippen LogP contribution in [-0.4, -0.2) is 71.1 Å². The number of aromatic nitrogens is 2. The van der Waals surface area contributed by atoms with Crippen molar-refractivity contribution in [2.75, 3.05) is 5.75 Å². The van der Waals surface area contributed by atoms with E-state index in [4.69, 9.17) is 34.7 Å². The lowest BCUT2D eigenvalue weighted by molar-refractivity contribution is -0.148. The van der Waals surface area contributed by atoms with Gasteiger partial charge in [-0.15, -0.1) is 11.8 Å². The lowest BCUT2D eigenvalue weighted by atomic mass is 10.0. The summed E-state index contributed by atoms with van der Waals surface area (Å²) in [5.74, 6) is -1.97. The molecule has 1 aromatic heterocycles. The Bertz CT molecular complexity index is 888. The molecule has 1 fully saturated rings. The Hall–Kier alpha value is -2.15. The van der Waals surface area contributed by atoms with Crippen molar-refractivity contribution in [3.63, 3.8) is 0 Å². The molecular formula is C15H16ClN5O5S2. The summed E-state index contributed by atoms with van der Waals surface area (Å²) in [6.45, 7) is 0. The van der Waals surface area contributed by atoms with Crippen molar-refractivity contribution in [2.24, 2.45) is 5.73 Å². The number of carbonyl (C=O) groups excluding carboxylic acids is 1. The van der Waals surface area contributed by atoms with Crippen LogP contribution in [0.4, 0.5) is 0 Å². The van der Waals surface area contributed by atoms with Crippen molar-refractivity contribution < 1.29 is 24.6 Å². The predicted molar refractivity (Wildman–Crippen MR) is 105 cm³/mol. The third-order valence-corrected chi connectivity index (χ3v) is 6.22. The Morgan fingerprint density at radius 3 is 2.89 bits per heavy atom. The van der Waals surface area contributed by atoms with Gasteiger partial charge in [0.25, 0.3) is 5.91 Å². The summed E-state index contributed by atoms with van der Waals surface area (Å²) in [7, 11) is 0. The molecule has 28 heavy (non-hydrogen) atoms. The summed E-state index contributed by atoms with van der Waals surface area (Å²) in [6, 6.07) is -1.69. The maximum atomic E-state index is 12.4. The van der Waals surface area contributed by atoms with E-state index < -0.39 is 35.3 Å². The molecule has 0 aliphatic carbocycles. The number of carbonyl (C=O) groups is 3. The molecule has 6 N–H and O–H groups in total. The predicted octanol–water partition coefficient (Wildman–Crippen LogP) is -0.358. The number of thiocarbonyl (C=S) groups is 1. The quantitative estimate of drug-likeness (QED) is 0.277. The van der Waals surface area contributed by atoms with Gasteiger partial charge in [0.15, 0.2) is 0 Å². The number of halogens is 1. The number of hydrogen-bond acceptors (Lipinski definition) is 7. The van der Waals surface area contributed by atoms with Crippen molar-refractivity contribution >= 4 is 58.4 Å². The number of carboxylic acid groups (broad SMARTS) is 2. The third kappa shape index (κ3) is 3.99. The Morgan fingerprint density at radius 1 is 1.54 bits per heavy atom. The van der Waals surface area contributed by atoms with E-state index in [1.807, 2.05) is 0 Å². The van der Waals surface area contributed by atoms with Gasteiger partial charge in [-0.05, 0) is 0 Å². The largest absolute Gasteiger partial charge is 0.480 e. The molecule has 3 rings (SSSR count). The number of aromatic amines is 1. The van der Waals surface area contributed by atoms with Crippen LogP contribution in [0.3, 0.4) is 0 Å². The Labute approximate surface area is 173 Å². The molecule has 150 valence electrons. The molecule has 10 nitrogen and oxygen atoms in total. The molecule has 1 unspecified atom stereocenters. The third-order valence-electron chi connectivity index (χ3n) is 4.21. The normalized spacial score (nSPS) is 22.4. The van der Waals surface area contributed by atoms with Crippen LogP contribution in [0.5, 0.6) is 0 Å². The number of amides is 1. The van der Waals surface area contributed by atoms with Gasteiger partial charge in [0, 0.05) is 24.1 Å². The van der Waals surface area contributed by atoms with Crippen molar-refractivity contribution in [1.29, 1.82) is 0 Å². The maximum Gasteiger partial charge on any atom is 0.353 e. The number of carboxylic acids is 2. The Kier molecular flexibility index (Phi) is 5.93. The molecular weight excluding hydrogens is 430 g/mol. The smallest absolute Gasteiger partial charge is 0.353 e. The van der Waals surface area contributed by atoms with E-state index in [1.165, 1.54) is 18.0 Å². The second-order valence-corrected chi connectivity index (χ2v) is 8.25. The van der Waals surface area contributed by atoms with E-state index in [9.17, 15) is 19.5 Å². The van der Waals surface area contributed by atoms with Gasteiger partial charge in [-0.2, -0.15) is 0 Å². The van der Waals surface area contributed by atoms with Gasteiger partial charge in [-0.3, -0.25) is 14.5 Å². The number of rotatable bonds is 7. The number of nitrogens with one attached hydrogen (secondary N) is 2. The van der Waals surface area contributed by atoms with Crippen LogP contribution >= 0.6 is 35.6 Å². The first-order valence-corrected chi connectivity index (χ1v) is 9.89. The number of fused-ring (bicyclic) bond motifs is 1. The molecule has 13 heteroatoms. The van der Waals surface area contributed by atoms with Gasteiger partial charge in [0.05, 0.1) is 16.4 Å². The average Bonchev–Trinajstić information content (AvgIpc) is 3.05. The fourth-order valence-electron chi connectivity index (χ4n) is 2.88. The van der Waals surface area contributed by atoms with Gasteiger partial charge >= 0.3 is 11.9 Å². The van der Waals surface area contributed by atoms with E-state index in [0.717, 1.165) is 4.90 Å². The molecule has 1 amide bonds. The zero-order chi connectivity index (χ0) is 20.6. The number of imidazole rings is 1. The van der Waals surface area contributed by atoms with Crippen LogP contribution in [-0.2, 0) is 27.2 Å². The first kappa shape index (κ1) is 20.6. The van der Waals surface area contributed by atoms with Crippen LogP contribution in [0.1, 0.15) is 11.5 Å². The van der Waals surface area contributed by atoms with Crippen LogP contribution in [0, 0.1) is 0 Å². The molecule has 3 atom stereocenters. The second-order valence-electron chi connectivity index (χ2n) is 6.19. The Balaban J connectivity index is 1.58. The minimum absolute atomic E-state index is 0.0996. The van der Waals surface area contributed by atoms with Crippen LogP contribution in [0.2, 0.25) is 0 Å². The number of hydrogen-bond donors (Lipinski definition) is 5. The molecule has 2 aliphatic rings. The molecule has 2 aliphatic heterocycles. The lowest BCUT2D eigenvalue weighted by Gasteiger charge is -2.49. The number of nitrogens with zero attached hydrogens (tertiary/aromatic N) is 2. The van der Waals surface area contributed by atoms with Gasteiger partial charge < -0.3 is 26.2 Å². The van der Waals surface area contributed by atoms with Crippen LogP contribution < -0.4 is 11.1 Å². The molecule has 1 saturated heterocycles. The monoisotopic (exact) mass is 445 g/mol. The Morgan fingerprint density at radius 2 is 2.25 bits per heavy atom. The number of thioether (sulfide) groups is 1. The first-order valence-electron chi connectivity index (χ1n) is 8.06. The molecule has 0 bridgehead atoms. The molecule has 1 aromatic rings. The van der Waals surface area contributed by atoms with Gasteiger partial charge in [-0.25, -0.2) is 9.78 Å². The topological polar surface area (TPSA) is 162 Å². The summed E-state index contributed by atoms with van der Waals surface area (Å²) in [4.78, 5) is 43.1. The summed E-state index contributed by atoms with van der Waals surface area (Å²) in [5, 5.41) is 20.8. The lowest BCUT2D eigenvalue weighted by Crippen LogP contribution is -2.70. The van der Waals surface area contributed by atoms with E-state index in [-0.39, 0.29) is 23.6 Å². The van der Waals surface area contributed by atoms with E-state index in [0.29, 0.717) is 22.3 Å². The minimum Gasteiger partial charge on any atom is -0.480 e. The van der Waals surface area contributed by atoms with Gasteiger partial charge in [0.1, 0.15) is 29.0 Å². The molecule has 0 spiro atoms. The standard InChI is InChI=1S/C15H16ClN5O5S2/c16-6-4-28-13-10(12(22)21(13)11(6)15(25)26)20-9(27)2-8-18-3-5(19-8)1-7(17)14(23)24/h3,7,10,13H,1-2,4,17H2,(H,18,19)(H,20,27)(H,23,24)(H,25,26)/t7?,10-,13+/m1/s1. The number of β-lactam (4-membered cyclic amide) rings is 1. The van der Waals surface area contributed by atoms with Gasteiger partial charge in [-0.1, -0.05) is 23.8 Å². The maximum absolute atomic E-state index is 12.4. The van der Waals surface area contributed by atoms with Crippen molar-refractivity contribution in [3.05, 3.63) is 28.4 Å². The minimum atomic E-state index is -1.24. The van der Waals surface area contributed by atoms with Crippen molar-refractivity contribution in [3.8, 4) is 0 Å². The molecule has 0 radical (unpaired) electrons. The van der Waals surface area contributed by atoms with E-state index in [2.05, 4.69) is 15.3 Å². The summed E-state index contributed by atoms with van der Waals surface area (Å²) in [6.07, 6.45) is 1.80. The van der Waals surface area contributed by atoms with E-state index in [1.54, 1.807) is 0 Å². The summed E-state index contributed by atoms with van der Waals surface area (Å²) < 4.78 is 0. The number of H-pyrrole nitrogens is 1. The van der Waals surface area contributed by atoms with Crippen molar-refractivity contribution in [2.45, 2.75) is 30.3 Å². The SMILES string of the molecule is NC(Cc1cnc(CC(=S)N[C@@H]2C(=O)N3C(C(=O)O)=C(Cl)CS[C@@H]23)[nH]1)C(=O)O. The zero-order valence-corrected chi connectivity index (χ0v) is 16.6. The second kappa shape index (κ2) is 8.07. The highest BCUT2D eigenvalue weighted by Gasteiger charge is 2.53. The summed E-state index contributed by atoms with van der Waals surface area (Å²) in [5.41, 5.74) is 5.86. The number of aliphatic carboxylic acids is 2. The van der Waals surface area contributed by atoms with Crippen molar-refractivity contribution in [1.82, 2.24) is 20.2 Å². The molecule has 0 aromatic carbocycles. The molecule has 0 saturated carbocycles. The highest BCUT2D eigenvalue weighted by Crippen LogP contribution is 2.41. The fourth-order valence-corrected chi connectivity index (χ4v) is 4.70. The van der Waals surface area contributed by atoms with E-state index >= 15 is 0 Å². The molecule has 3 heterocycles. The highest BCUT2D eigenvalue weighted by atomic mass is 35.5.